The number of phosphoric acid groups is 1. The van der Waals surface area contributed by atoms with Gasteiger partial charge in [-0.25, -0.2) is 0 Å². The average Bonchev–Trinajstić information content (AvgIpc) is 2.47. The van der Waals surface area contributed by atoms with Crippen LogP contribution in [0.5, 0.6) is 0 Å². The van der Waals surface area contributed by atoms with Crippen molar-refractivity contribution in [3.63, 3.8) is 0 Å². The molecule has 0 spiro atoms. The Labute approximate surface area is 151 Å². The molecule has 6 heteroatoms. The topological polar surface area (TPSA) is 58.6 Å². The molecule has 0 N–H and O–H groups in total. The second kappa shape index (κ2) is 15.3. The second-order valence-corrected chi connectivity index (χ2v) is 7.28. The van der Waals surface area contributed by atoms with Crippen molar-refractivity contribution in [3.8, 4) is 0 Å². The fourth-order valence-corrected chi connectivity index (χ4v) is 3.09. The van der Waals surface area contributed by atoms with E-state index in [0.717, 1.165) is 51.4 Å². The van der Waals surface area contributed by atoms with Crippen LogP contribution in [-0.4, -0.2) is 13.2 Å². The number of phosphoric ester groups is 1. The van der Waals surface area contributed by atoms with E-state index in [-0.39, 0.29) is 34.3 Å². The van der Waals surface area contributed by atoms with Crippen LogP contribution in [0.4, 0.5) is 0 Å². The van der Waals surface area contributed by atoms with Crippen molar-refractivity contribution in [3.05, 3.63) is 0 Å². The zero-order chi connectivity index (χ0) is 16.1. The fourth-order valence-electron chi connectivity index (χ4n) is 2.23. The first-order valence-electron chi connectivity index (χ1n) is 8.59. The van der Waals surface area contributed by atoms with Gasteiger partial charge in [-0.1, -0.05) is 66.2 Å². The maximum absolute atomic E-state index is 11.8. The van der Waals surface area contributed by atoms with Crippen molar-refractivity contribution in [2.45, 2.75) is 79.1 Å². The summed E-state index contributed by atoms with van der Waals surface area (Å²) in [5, 5.41) is 0. The van der Waals surface area contributed by atoms with Crippen molar-refractivity contribution in [1.82, 2.24) is 0 Å². The van der Waals surface area contributed by atoms with Crippen LogP contribution < -0.4 is 4.89 Å². The quantitative estimate of drug-likeness (QED) is 0.315. The third-order valence-corrected chi connectivity index (χ3v) is 4.95. The Morgan fingerprint density at radius 3 is 1.50 bits per heavy atom. The first-order chi connectivity index (χ1) is 9.99. The van der Waals surface area contributed by atoms with E-state index in [1.54, 1.807) is 0 Å². The summed E-state index contributed by atoms with van der Waals surface area (Å²) in [6.45, 7) is 8.91. The van der Waals surface area contributed by atoms with Crippen LogP contribution in [0.25, 0.3) is 0 Å². The number of hydrogen-bond acceptors (Lipinski definition) is 4. The van der Waals surface area contributed by atoms with Gasteiger partial charge in [0.25, 0.3) is 7.82 Å². The first kappa shape index (κ1) is 25.0. The van der Waals surface area contributed by atoms with Gasteiger partial charge in [0.2, 0.25) is 0 Å². The van der Waals surface area contributed by atoms with E-state index in [4.69, 9.17) is 9.05 Å². The van der Waals surface area contributed by atoms with Crippen LogP contribution in [0.1, 0.15) is 79.1 Å². The molecule has 0 aromatic heterocycles. The Balaban J connectivity index is 0. The summed E-state index contributed by atoms with van der Waals surface area (Å²) in [4.78, 5) is 11.8. The molecule has 0 rings (SSSR count). The minimum atomic E-state index is -4.14. The van der Waals surface area contributed by atoms with Gasteiger partial charge in [-0.05, 0) is 24.7 Å². The van der Waals surface area contributed by atoms with Crippen LogP contribution in [0.3, 0.4) is 0 Å². The molecule has 0 fully saturated rings. The predicted molar refractivity (Wildman–Crippen MR) is 86.1 cm³/mol. The molecule has 0 aromatic rings. The predicted octanol–water partition coefficient (Wildman–Crippen LogP) is 4.92. The molecule has 0 aliphatic rings. The van der Waals surface area contributed by atoms with Crippen molar-refractivity contribution in [2.75, 3.05) is 13.2 Å². The summed E-state index contributed by atoms with van der Waals surface area (Å²) in [5.41, 5.74) is 0. The van der Waals surface area contributed by atoms with Crippen LogP contribution in [0.2, 0.25) is 0 Å². The Morgan fingerprint density at radius 2 is 1.23 bits per heavy atom. The third kappa shape index (κ3) is 13.3. The molecule has 0 saturated carbocycles. The molecule has 0 saturated heterocycles. The molecular weight excluding hydrogens is 471 g/mol. The molecule has 0 aliphatic heterocycles. The summed E-state index contributed by atoms with van der Waals surface area (Å²) >= 11 is 0. The average molecular weight is 505 g/mol. The van der Waals surface area contributed by atoms with Gasteiger partial charge in [0.05, 0.1) is 13.2 Å². The van der Waals surface area contributed by atoms with Gasteiger partial charge in [0.1, 0.15) is 0 Å². The molecular formula is C16H34O4PW. The summed E-state index contributed by atoms with van der Waals surface area (Å²) in [5.74, 6) is 0.607. The SMILES string of the molecule is CCCCC(CC)COP(=O)([O-])OCC(CC)CCCC.[W+]. The zero-order valence-electron chi connectivity index (χ0n) is 14.7. The number of unbranched alkanes of at least 4 members (excludes halogenated alkanes) is 2. The van der Waals surface area contributed by atoms with Gasteiger partial charge in [-0.15, -0.1) is 0 Å². The summed E-state index contributed by atoms with van der Waals surface area (Å²) in [6.07, 6.45) is 8.38. The molecule has 0 bridgehead atoms. The van der Waals surface area contributed by atoms with Crippen LogP contribution in [0, 0.1) is 11.8 Å². The van der Waals surface area contributed by atoms with Gasteiger partial charge in [-0.2, -0.15) is 0 Å². The molecule has 2 unspecified atom stereocenters. The largest absolute Gasteiger partial charge is 1.00 e. The third-order valence-electron chi connectivity index (χ3n) is 4.02. The Morgan fingerprint density at radius 1 is 0.864 bits per heavy atom. The van der Waals surface area contributed by atoms with E-state index >= 15 is 0 Å². The summed E-state index contributed by atoms with van der Waals surface area (Å²) in [7, 11) is -4.14. The van der Waals surface area contributed by atoms with E-state index in [1.807, 2.05) is 0 Å². The van der Waals surface area contributed by atoms with Crippen LogP contribution in [0.15, 0.2) is 0 Å². The normalized spacial score (nSPS) is 16.6. The molecule has 0 amide bonds. The second-order valence-electron chi connectivity index (χ2n) is 5.87. The van der Waals surface area contributed by atoms with Gasteiger partial charge >= 0.3 is 21.1 Å². The van der Waals surface area contributed by atoms with Crippen LogP contribution >= 0.6 is 7.82 Å². The smallest absolute Gasteiger partial charge is 0.756 e. The van der Waals surface area contributed by atoms with Crippen molar-refractivity contribution >= 4 is 7.82 Å². The van der Waals surface area contributed by atoms with E-state index in [9.17, 15) is 9.46 Å². The van der Waals surface area contributed by atoms with E-state index in [2.05, 4.69) is 27.7 Å². The van der Waals surface area contributed by atoms with E-state index < -0.39 is 7.82 Å². The van der Waals surface area contributed by atoms with E-state index in [1.165, 1.54) is 0 Å². The maximum atomic E-state index is 11.8. The Bertz CT molecular complexity index is 265. The maximum Gasteiger partial charge on any atom is 1.00 e. The molecule has 4 nitrogen and oxygen atoms in total. The minimum Gasteiger partial charge on any atom is -0.756 e. The van der Waals surface area contributed by atoms with Crippen molar-refractivity contribution in [2.24, 2.45) is 11.8 Å². The molecule has 22 heavy (non-hydrogen) atoms. The van der Waals surface area contributed by atoms with Gasteiger partial charge in [-0.3, -0.25) is 4.57 Å². The molecule has 0 heterocycles. The molecule has 133 valence electrons. The summed E-state index contributed by atoms with van der Waals surface area (Å²) in [6, 6.07) is 0. The van der Waals surface area contributed by atoms with Crippen molar-refractivity contribution < 1.29 is 39.6 Å². The monoisotopic (exact) mass is 505 g/mol. The fraction of sp³-hybridized carbons (Fsp3) is 1.00. The molecule has 0 aromatic carbocycles. The standard InChI is InChI=1S/C16H35O4P.W/c1-5-9-11-15(7-3)13-19-21(17,18)20-14-16(8-4)12-10-6-2;/h15-16H,5-14H2,1-4H3,(H,17,18);/q;+1/p-1. The summed E-state index contributed by atoms with van der Waals surface area (Å²) < 4.78 is 21.9. The number of rotatable bonds is 14. The molecule has 1 radical (unpaired) electrons. The van der Waals surface area contributed by atoms with Crippen LogP contribution in [-0.2, 0) is 34.7 Å². The number of hydrogen-bond donors (Lipinski definition) is 0. The Hall–Kier alpha value is 0.798. The van der Waals surface area contributed by atoms with Gasteiger partial charge in [0, 0.05) is 0 Å². The van der Waals surface area contributed by atoms with Gasteiger partial charge < -0.3 is 13.9 Å². The van der Waals surface area contributed by atoms with Gasteiger partial charge in [0.15, 0.2) is 0 Å². The van der Waals surface area contributed by atoms with Crippen molar-refractivity contribution in [1.29, 1.82) is 0 Å². The molecule has 2 atom stereocenters. The molecule has 0 aliphatic carbocycles. The van der Waals surface area contributed by atoms with E-state index in [0.29, 0.717) is 11.8 Å². The zero-order valence-corrected chi connectivity index (χ0v) is 18.5. The Kier molecular flexibility index (Phi) is 17.5. The first-order valence-corrected chi connectivity index (χ1v) is 10.0. The minimum absolute atomic E-state index is 0.